The highest BCUT2D eigenvalue weighted by Gasteiger charge is 2.00. The number of anilines is 1. The van der Waals surface area contributed by atoms with Gasteiger partial charge in [-0.05, 0) is 18.6 Å². The maximum Gasteiger partial charge on any atom is 0.132 e. The van der Waals surface area contributed by atoms with Gasteiger partial charge < -0.3 is 15.2 Å². The number of ether oxygens (including phenoxy) is 1. The first-order chi connectivity index (χ1) is 8.26. The van der Waals surface area contributed by atoms with Gasteiger partial charge >= 0.3 is 0 Å². The Morgan fingerprint density at radius 1 is 1.47 bits per heavy atom. The van der Waals surface area contributed by atoms with Crippen molar-refractivity contribution in [1.82, 2.24) is 4.98 Å². The first-order valence-electron chi connectivity index (χ1n) is 5.26. The average Bonchev–Trinajstić information content (AvgIpc) is 2.33. The average molecular weight is 256 g/mol. The van der Waals surface area contributed by atoms with Gasteiger partial charge in [0.1, 0.15) is 11.0 Å². The molecule has 92 valence electrons. The molecule has 0 fully saturated rings. The summed E-state index contributed by atoms with van der Waals surface area (Å²) in [5.41, 5.74) is 0.476. The second-order valence-corrected chi connectivity index (χ2v) is 3.68. The second kappa shape index (κ2) is 7.85. The minimum atomic E-state index is 0.0365. The third-order valence-electron chi connectivity index (χ3n) is 1.93. The summed E-state index contributed by atoms with van der Waals surface area (Å²) in [7, 11) is 0. The van der Waals surface area contributed by atoms with E-state index in [-0.39, 0.29) is 6.61 Å². The first kappa shape index (κ1) is 13.7. The summed E-state index contributed by atoms with van der Waals surface area (Å²) in [6.07, 6.45) is 0.788. The number of aliphatic hydroxyl groups is 1. The van der Waals surface area contributed by atoms with Gasteiger partial charge in [-0.3, -0.25) is 0 Å². The molecule has 0 aliphatic carbocycles. The molecule has 1 rings (SSSR count). The Bertz CT molecular complexity index is 393. The summed E-state index contributed by atoms with van der Waals surface area (Å²) in [6.45, 7) is 1.63. The quantitative estimate of drug-likeness (QED) is 0.569. The Morgan fingerprint density at radius 2 is 2.29 bits per heavy atom. The van der Waals surface area contributed by atoms with Crippen molar-refractivity contribution in [3.63, 3.8) is 0 Å². The van der Waals surface area contributed by atoms with Crippen LogP contribution in [0.15, 0.2) is 12.1 Å². The molecule has 1 aromatic heterocycles. The largest absolute Gasteiger partial charge is 0.394 e. The number of halogens is 1. The Hall–Kier alpha value is -1.35. The molecule has 0 aliphatic rings. The molecule has 0 atom stereocenters. The number of hydrogen-bond donors (Lipinski definition) is 2. The molecule has 0 aliphatic heterocycles. The van der Waals surface area contributed by atoms with Gasteiger partial charge in [-0.15, -0.1) is 0 Å². The first-order valence-corrected chi connectivity index (χ1v) is 5.64. The molecule has 0 amide bonds. The molecule has 0 saturated heterocycles. The zero-order valence-corrected chi connectivity index (χ0v) is 10.1. The zero-order valence-electron chi connectivity index (χ0n) is 9.32. The van der Waals surface area contributed by atoms with Crippen LogP contribution in [0.1, 0.15) is 12.0 Å². The van der Waals surface area contributed by atoms with Gasteiger partial charge in [0.25, 0.3) is 0 Å². The second-order valence-electron chi connectivity index (χ2n) is 3.29. The lowest BCUT2D eigenvalue weighted by atomic mass is 10.3. The summed E-state index contributed by atoms with van der Waals surface area (Å²) in [6, 6.07) is 5.16. The fraction of sp³-hybridized carbons (Fsp3) is 0.455. The number of nitrogens with zero attached hydrogens (tertiary/aromatic N) is 2. The Morgan fingerprint density at radius 3 is 3.00 bits per heavy atom. The van der Waals surface area contributed by atoms with Crippen LogP contribution in [-0.2, 0) is 4.74 Å². The summed E-state index contributed by atoms with van der Waals surface area (Å²) < 4.78 is 5.10. The molecule has 1 aromatic rings. The van der Waals surface area contributed by atoms with Crippen molar-refractivity contribution in [1.29, 1.82) is 5.26 Å². The summed E-state index contributed by atoms with van der Waals surface area (Å²) in [4.78, 5) is 4.04. The number of pyridine rings is 1. The molecule has 0 radical (unpaired) electrons. The highest BCUT2D eigenvalue weighted by atomic mass is 35.5. The zero-order chi connectivity index (χ0) is 12.5. The molecule has 0 aromatic carbocycles. The maximum atomic E-state index is 8.75. The van der Waals surface area contributed by atoms with Gasteiger partial charge in [-0.25, -0.2) is 4.98 Å². The van der Waals surface area contributed by atoms with Crippen LogP contribution < -0.4 is 5.32 Å². The van der Waals surface area contributed by atoms with Crippen molar-refractivity contribution < 1.29 is 9.84 Å². The van der Waals surface area contributed by atoms with Gasteiger partial charge in [0, 0.05) is 13.2 Å². The lowest BCUT2D eigenvalue weighted by Gasteiger charge is -2.06. The molecule has 1 heterocycles. The minimum Gasteiger partial charge on any atom is -0.394 e. The lowest BCUT2D eigenvalue weighted by molar-refractivity contribution is 0.0922. The van der Waals surface area contributed by atoms with Gasteiger partial charge in [0.05, 0.1) is 24.8 Å². The Labute approximate surface area is 105 Å². The molecule has 0 unspecified atom stereocenters. The highest BCUT2D eigenvalue weighted by Crippen LogP contribution is 2.13. The van der Waals surface area contributed by atoms with Crippen molar-refractivity contribution in [3.8, 4) is 6.07 Å². The van der Waals surface area contributed by atoms with Gasteiger partial charge in [-0.2, -0.15) is 5.26 Å². The fourth-order valence-electron chi connectivity index (χ4n) is 1.21. The van der Waals surface area contributed by atoms with Crippen molar-refractivity contribution in [2.45, 2.75) is 6.42 Å². The van der Waals surface area contributed by atoms with E-state index in [0.717, 1.165) is 6.42 Å². The van der Waals surface area contributed by atoms with E-state index >= 15 is 0 Å². The smallest absolute Gasteiger partial charge is 0.132 e. The van der Waals surface area contributed by atoms with Gasteiger partial charge in [0.15, 0.2) is 0 Å². The summed E-state index contributed by atoms with van der Waals surface area (Å²) >= 11 is 5.76. The lowest BCUT2D eigenvalue weighted by Crippen LogP contribution is -2.08. The number of nitriles is 1. The normalized spacial score (nSPS) is 9.94. The van der Waals surface area contributed by atoms with Crippen molar-refractivity contribution in [2.75, 3.05) is 31.7 Å². The third kappa shape index (κ3) is 5.50. The fourth-order valence-corrected chi connectivity index (χ4v) is 1.42. The highest BCUT2D eigenvalue weighted by molar-refractivity contribution is 6.29. The van der Waals surface area contributed by atoms with Crippen LogP contribution in [0.4, 0.5) is 5.82 Å². The predicted molar refractivity (Wildman–Crippen MR) is 65.0 cm³/mol. The summed E-state index contributed by atoms with van der Waals surface area (Å²) in [5, 5.41) is 20.6. The molecular weight excluding hydrogens is 242 g/mol. The molecule has 6 heteroatoms. The number of aliphatic hydroxyl groups excluding tert-OH is 1. The predicted octanol–water partition coefficient (Wildman–Crippen LogP) is 1.42. The standard InChI is InChI=1S/C11H14ClN3O2/c12-10-6-9(8-13)7-11(15-10)14-2-1-4-17-5-3-16/h6-7,16H,1-5H2,(H,14,15). The monoisotopic (exact) mass is 255 g/mol. The summed E-state index contributed by atoms with van der Waals surface area (Å²) in [5.74, 6) is 0.580. The van der Waals surface area contributed by atoms with E-state index in [1.165, 1.54) is 6.07 Å². The molecule has 0 bridgehead atoms. The third-order valence-corrected chi connectivity index (χ3v) is 2.12. The molecule has 17 heavy (non-hydrogen) atoms. The van der Waals surface area contributed by atoms with Gasteiger partial charge in [0.2, 0.25) is 0 Å². The van der Waals surface area contributed by atoms with Gasteiger partial charge in [-0.1, -0.05) is 11.6 Å². The Balaban J connectivity index is 2.32. The number of rotatable bonds is 7. The van der Waals surface area contributed by atoms with Crippen LogP contribution in [-0.4, -0.2) is 36.5 Å². The number of hydrogen-bond acceptors (Lipinski definition) is 5. The van der Waals surface area contributed by atoms with Crippen molar-refractivity contribution in [3.05, 3.63) is 22.8 Å². The van der Waals surface area contributed by atoms with Crippen LogP contribution >= 0.6 is 11.6 Å². The van der Waals surface area contributed by atoms with Crippen LogP contribution in [0.5, 0.6) is 0 Å². The molecule has 5 nitrogen and oxygen atoms in total. The Kier molecular flexibility index (Phi) is 6.33. The molecular formula is C11H14ClN3O2. The number of aromatic nitrogens is 1. The van der Waals surface area contributed by atoms with E-state index in [4.69, 9.17) is 26.7 Å². The van der Waals surface area contributed by atoms with Crippen molar-refractivity contribution in [2.24, 2.45) is 0 Å². The van der Waals surface area contributed by atoms with Crippen LogP contribution in [0.3, 0.4) is 0 Å². The molecule has 0 saturated carbocycles. The van der Waals surface area contributed by atoms with E-state index < -0.39 is 0 Å². The minimum absolute atomic E-state index is 0.0365. The number of nitrogens with one attached hydrogen (secondary N) is 1. The van der Waals surface area contributed by atoms with Crippen molar-refractivity contribution >= 4 is 17.4 Å². The van der Waals surface area contributed by atoms with Crippen LogP contribution in [0.2, 0.25) is 5.15 Å². The SMILES string of the molecule is N#Cc1cc(Cl)nc(NCCCOCCO)c1. The van der Waals surface area contributed by atoms with Crippen LogP contribution in [0, 0.1) is 11.3 Å². The topological polar surface area (TPSA) is 78.2 Å². The van der Waals surface area contributed by atoms with E-state index in [1.54, 1.807) is 6.07 Å². The van der Waals surface area contributed by atoms with E-state index in [9.17, 15) is 0 Å². The van der Waals surface area contributed by atoms with E-state index in [0.29, 0.717) is 36.3 Å². The molecule has 2 N–H and O–H groups in total. The van der Waals surface area contributed by atoms with Crippen LogP contribution in [0.25, 0.3) is 0 Å². The maximum absolute atomic E-state index is 8.75. The van der Waals surface area contributed by atoms with E-state index in [2.05, 4.69) is 10.3 Å². The molecule has 0 spiro atoms. The van der Waals surface area contributed by atoms with E-state index in [1.807, 2.05) is 6.07 Å².